The molecule has 0 aromatic heterocycles. The first-order chi connectivity index (χ1) is 2.00. The van der Waals surface area contributed by atoms with Gasteiger partial charge in [0.15, 0.2) is 0 Å². The monoisotopic (exact) mass is 206 g/mol. The van der Waals surface area contributed by atoms with Gasteiger partial charge in [-0.3, -0.25) is 0 Å². The van der Waals surface area contributed by atoms with E-state index in [-0.39, 0.29) is 28.7 Å². The summed E-state index contributed by atoms with van der Waals surface area (Å²) in [6, 6.07) is 0. The standard InChI is InChI=1S/C4H11Si.In.2H2/c1-5(2,3)4;;;/h1H2,2-4H3;;2*1H. The Hall–Kier alpha value is 1.09. The van der Waals surface area contributed by atoms with Crippen LogP contribution in [0.5, 0.6) is 0 Å². The van der Waals surface area contributed by atoms with Crippen LogP contribution in [-0.2, 0) is 0 Å². The third-order valence-electron chi connectivity index (χ3n) is 0. The van der Waals surface area contributed by atoms with Crippen LogP contribution in [0.1, 0.15) is 2.85 Å². The van der Waals surface area contributed by atoms with Crippen molar-refractivity contribution in [2.45, 2.75) is 19.6 Å². The van der Waals surface area contributed by atoms with Crippen molar-refractivity contribution in [2.24, 2.45) is 0 Å². The zero-order chi connectivity index (χ0) is 4.50. The maximum absolute atomic E-state index is 3.91. The van der Waals surface area contributed by atoms with E-state index >= 15 is 0 Å². The van der Waals surface area contributed by atoms with Gasteiger partial charge >= 0.3 is 0 Å². The van der Waals surface area contributed by atoms with Gasteiger partial charge in [-0.1, -0.05) is 26.2 Å². The Morgan fingerprint density at radius 1 is 1.33 bits per heavy atom. The SMILES string of the molecule is [CH2][Si](C)(C)C.[HH].[HH].[In]. The summed E-state index contributed by atoms with van der Waals surface area (Å²) in [6.07, 6.45) is 0. The molecule has 0 rings (SSSR count). The molecule has 2 heteroatoms. The van der Waals surface area contributed by atoms with Gasteiger partial charge in [0.05, 0.1) is 0 Å². The molecule has 38 valence electrons. The molecule has 6 heavy (non-hydrogen) atoms. The summed E-state index contributed by atoms with van der Waals surface area (Å²) in [5.41, 5.74) is 0. The Morgan fingerprint density at radius 2 is 1.33 bits per heavy atom. The van der Waals surface area contributed by atoms with Crippen molar-refractivity contribution in [3.63, 3.8) is 0 Å². The van der Waals surface area contributed by atoms with E-state index < -0.39 is 8.07 Å². The molecular formula is C4H15InSi. The first-order valence-electron chi connectivity index (χ1n) is 1.85. The van der Waals surface area contributed by atoms with E-state index in [0.29, 0.717) is 0 Å². The second-order valence-corrected chi connectivity index (χ2v) is 7.68. The number of rotatable bonds is 0. The van der Waals surface area contributed by atoms with Crippen LogP contribution < -0.4 is 0 Å². The molecule has 0 atom stereocenters. The Labute approximate surface area is 63.1 Å². The van der Waals surface area contributed by atoms with E-state index in [0.717, 1.165) is 0 Å². The van der Waals surface area contributed by atoms with Gasteiger partial charge in [0, 0.05) is 36.8 Å². The molecule has 0 N–H and O–H groups in total. The largest absolute Gasteiger partial charge is 0.0696 e. The predicted molar refractivity (Wildman–Crippen MR) is 38.7 cm³/mol. The van der Waals surface area contributed by atoms with Crippen LogP contribution in [0.3, 0.4) is 0 Å². The predicted octanol–water partition coefficient (Wildman–Crippen LogP) is 1.81. The molecule has 0 aromatic rings. The van der Waals surface area contributed by atoms with E-state index in [2.05, 4.69) is 26.2 Å². The van der Waals surface area contributed by atoms with E-state index in [1.165, 1.54) is 0 Å². The van der Waals surface area contributed by atoms with Gasteiger partial charge < -0.3 is 0 Å². The fourth-order valence-corrected chi connectivity index (χ4v) is 0. The van der Waals surface area contributed by atoms with Crippen LogP contribution in [0, 0.1) is 6.55 Å². The van der Waals surface area contributed by atoms with Crippen LogP contribution in [0.25, 0.3) is 0 Å². The summed E-state index contributed by atoms with van der Waals surface area (Å²) in [4.78, 5) is 0. The minimum absolute atomic E-state index is 0. The molecule has 0 bridgehead atoms. The van der Waals surface area contributed by atoms with Crippen LogP contribution in [0.4, 0.5) is 0 Å². The zero-order valence-corrected chi connectivity index (χ0v) is 9.08. The van der Waals surface area contributed by atoms with Gasteiger partial charge in [0.1, 0.15) is 0 Å². The average molecular weight is 206 g/mol. The molecule has 0 spiro atoms. The molecule has 0 aromatic carbocycles. The summed E-state index contributed by atoms with van der Waals surface area (Å²) in [5, 5.41) is 0. The van der Waals surface area contributed by atoms with Gasteiger partial charge in [-0.25, -0.2) is 0 Å². The van der Waals surface area contributed by atoms with Crippen LogP contribution in [-0.4, -0.2) is 33.9 Å². The van der Waals surface area contributed by atoms with Crippen molar-refractivity contribution in [3.8, 4) is 0 Å². The molecule has 0 aliphatic rings. The first kappa shape index (κ1) is 10.1. The maximum atomic E-state index is 3.91. The van der Waals surface area contributed by atoms with E-state index in [4.69, 9.17) is 0 Å². The molecule has 0 heterocycles. The molecule has 0 aliphatic heterocycles. The van der Waals surface area contributed by atoms with Gasteiger partial charge in [-0.15, -0.1) is 0 Å². The molecule has 0 amide bonds. The summed E-state index contributed by atoms with van der Waals surface area (Å²) in [5.74, 6) is 0. The Kier molecular flexibility index (Phi) is 5.30. The molecule has 0 aliphatic carbocycles. The number of hydrogen-bond acceptors (Lipinski definition) is 0. The molecule has 0 fully saturated rings. The second-order valence-electron chi connectivity index (χ2n) is 2.56. The van der Waals surface area contributed by atoms with Gasteiger partial charge in [0.2, 0.25) is 0 Å². The Balaban J connectivity index is -0.0000000267. The van der Waals surface area contributed by atoms with Crippen LogP contribution in [0.2, 0.25) is 19.6 Å². The molecule has 0 unspecified atom stereocenters. The average Bonchev–Trinajstić information content (AvgIpc) is 0.722. The fraction of sp³-hybridized carbons (Fsp3) is 0.750. The second kappa shape index (κ2) is 3.14. The van der Waals surface area contributed by atoms with Gasteiger partial charge in [0.25, 0.3) is 0 Å². The van der Waals surface area contributed by atoms with E-state index in [9.17, 15) is 0 Å². The smallest absolute Gasteiger partial charge is 0.0439 e. The summed E-state index contributed by atoms with van der Waals surface area (Å²) in [6.45, 7) is 10.6. The minimum Gasteiger partial charge on any atom is -0.0696 e. The first-order valence-corrected chi connectivity index (χ1v) is 5.56. The summed E-state index contributed by atoms with van der Waals surface area (Å²) < 4.78 is 0. The van der Waals surface area contributed by atoms with Gasteiger partial charge in [-0.05, 0) is 0 Å². The normalized spacial score (nSPS) is 10.0. The van der Waals surface area contributed by atoms with Crippen molar-refractivity contribution >= 4 is 33.9 Å². The van der Waals surface area contributed by atoms with Crippen molar-refractivity contribution in [1.29, 1.82) is 0 Å². The topological polar surface area (TPSA) is 0 Å². The van der Waals surface area contributed by atoms with Crippen molar-refractivity contribution in [2.75, 3.05) is 0 Å². The zero-order valence-electron chi connectivity index (χ0n) is 4.78. The van der Waals surface area contributed by atoms with Crippen molar-refractivity contribution in [1.82, 2.24) is 0 Å². The Morgan fingerprint density at radius 3 is 1.33 bits per heavy atom. The third kappa shape index (κ3) is 71.9. The summed E-state index contributed by atoms with van der Waals surface area (Å²) in [7, 11) is -0.861. The molecular weight excluding hydrogens is 191 g/mol. The van der Waals surface area contributed by atoms with Gasteiger partial charge in [-0.2, -0.15) is 0 Å². The third-order valence-corrected chi connectivity index (χ3v) is 0. The van der Waals surface area contributed by atoms with Crippen molar-refractivity contribution in [3.05, 3.63) is 6.55 Å². The van der Waals surface area contributed by atoms with Crippen LogP contribution in [0.15, 0.2) is 0 Å². The van der Waals surface area contributed by atoms with E-state index in [1.807, 2.05) is 0 Å². The Bertz CT molecular complexity index is 29.5. The molecule has 0 saturated heterocycles. The van der Waals surface area contributed by atoms with Crippen molar-refractivity contribution < 1.29 is 2.85 Å². The fourth-order valence-electron chi connectivity index (χ4n) is 0. The summed E-state index contributed by atoms with van der Waals surface area (Å²) >= 11 is 0. The molecule has 0 saturated carbocycles. The number of hydrogen-bond donors (Lipinski definition) is 0. The molecule has 4 radical (unpaired) electrons. The minimum atomic E-state index is -0.861. The molecule has 0 nitrogen and oxygen atoms in total. The maximum Gasteiger partial charge on any atom is 0.0439 e. The van der Waals surface area contributed by atoms with Crippen LogP contribution >= 0.6 is 0 Å². The quantitative estimate of drug-likeness (QED) is 0.530. The van der Waals surface area contributed by atoms with E-state index in [1.54, 1.807) is 0 Å².